The van der Waals surface area contributed by atoms with Crippen molar-refractivity contribution in [1.29, 1.82) is 0 Å². The first-order valence-electron chi connectivity index (χ1n) is 6.49. The van der Waals surface area contributed by atoms with Crippen molar-refractivity contribution in [1.82, 2.24) is 5.32 Å². The fraction of sp³-hybridized carbons (Fsp3) is 0.500. The zero-order valence-electron chi connectivity index (χ0n) is 11.7. The van der Waals surface area contributed by atoms with Crippen LogP contribution in [0.25, 0.3) is 0 Å². The molecule has 0 aliphatic carbocycles. The van der Waals surface area contributed by atoms with Crippen LogP contribution in [0.4, 0.5) is 11.4 Å². The first-order chi connectivity index (χ1) is 9.08. The Morgan fingerprint density at radius 1 is 1.47 bits per heavy atom. The zero-order chi connectivity index (χ0) is 13.8. The van der Waals surface area contributed by atoms with Gasteiger partial charge in [0.1, 0.15) is 6.10 Å². The summed E-state index contributed by atoms with van der Waals surface area (Å²) in [6.45, 7) is 4.00. The SMILES string of the molecule is Cc1ccc(NC(=O)C2CNCCO2)cc1N(C)C. The standard InChI is InChI=1S/C14H21N3O2/c1-10-4-5-11(8-12(10)17(2)3)16-14(18)13-9-15-6-7-19-13/h4-5,8,13,15H,6-7,9H2,1-3H3,(H,16,18). The predicted molar refractivity (Wildman–Crippen MR) is 76.7 cm³/mol. The summed E-state index contributed by atoms with van der Waals surface area (Å²) >= 11 is 0. The van der Waals surface area contributed by atoms with Crippen molar-refractivity contribution in [2.24, 2.45) is 0 Å². The van der Waals surface area contributed by atoms with E-state index < -0.39 is 6.10 Å². The Morgan fingerprint density at radius 2 is 2.26 bits per heavy atom. The first kappa shape index (κ1) is 13.8. The maximum Gasteiger partial charge on any atom is 0.254 e. The van der Waals surface area contributed by atoms with E-state index in [4.69, 9.17) is 4.74 Å². The topological polar surface area (TPSA) is 53.6 Å². The second-order valence-electron chi connectivity index (χ2n) is 4.95. The van der Waals surface area contributed by atoms with Crippen LogP contribution < -0.4 is 15.5 Å². The largest absolute Gasteiger partial charge is 0.377 e. The molecule has 0 radical (unpaired) electrons. The number of benzene rings is 1. The van der Waals surface area contributed by atoms with Crippen molar-refractivity contribution in [3.05, 3.63) is 23.8 Å². The van der Waals surface area contributed by atoms with Crippen LogP contribution in [0.5, 0.6) is 0 Å². The van der Waals surface area contributed by atoms with Crippen LogP contribution in [-0.2, 0) is 9.53 Å². The Kier molecular flexibility index (Phi) is 4.39. The molecule has 104 valence electrons. The lowest BCUT2D eigenvalue weighted by Gasteiger charge is -2.23. The fourth-order valence-corrected chi connectivity index (χ4v) is 2.13. The van der Waals surface area contributed by atoms with Crippen molar-refractivity contribution < 1.29 is 9.53 Å². The van der Waals surface area contributed by atoms with Gasteiger partial charge in [-0.15, -0.1) is 0 Å². The highest BCUT2D eigenvalue weighted by atomic mass is 16.5. The van der Waals surface area contributed by atoms with Crippen LogP contribution in [0.2, 0.25) is 0 Å². The lowest BCUT2D eigenvalue weighted by molar-refractivity contribution is -0.128. The molecule has 1 atom stereocenters. The molecular formula is C14H21N3O2. The van der Waals surface area contributed by atoms with Crippen LogP contribution in [0.15, 0.2) is 18.2 Å². The number of hydrogen-bond donors (Lipinski definition) is 2. The quantitative estimate of drug-likeness (QED) is 0.854. The molecule has 0 spiro atoms. The molecule has 19 heavy (non-hydrogen) atoms. The smallest absolute Gasteiger partial charge is 0.254 e. The molecular weight excluding hydrogens is 242 g/mol. The van der Waals surface area contributed by atoms with Crippen molar-refractivity contribution in [3.8, 4) is 0 Å². The van der Waals surface area contributed by atoms with E-state index in [-0.39, 0.29) is 5.91 Å². The molecule has 1 aliphatic heterocycles. The first-order valence-corrected chi connectivity index (χ1v) is 6.49. The van der Waals surface area contributed by atoms with Gasteiger partial charge in [0.05, 0.1) is 6.61 Å². The van der Waals surface area contributed by atoms with Gasteiger partial charge >= 0.3 is 0 Å². The van der Waals surface area contributed by atoms with Crippen LogP contribution >= 0.6 is 0 Å². The average Bonchev–Trinajstić information content (AvgIpc) is 2.41. The highest BCUT2D eigenvalue weighted by Gasteiger charge is 2.21. The van der Waals surface area contributed by atoms with Crippen molar-refractivity contribution in [2.45, 2.75) is 13.0 Å². The van der Waals surface area contributed by atoms with Gasteiger partial charge in [-0.2, -0.15) is 0 Å². The summed E-state index contributed by atoms with van der Waals surface area (Å²) in [6.07, 6.45) is -0.405. The molecule has 0 aromatic heterocycles. The average molecular weight is 263 g/mol. The summed E-state index contributed by atoms with van der Waals surface area (Å²) in [5.41, 5.74) is 3.08. The van der Waals surface area contributed by atoms with Gasteiger partial charge in [0.2, 0.25) is 0 Å². The Labute approximate surface area is 113 Å². The van der Waals surface area contributed by atoms with Crippen molar-refractivity contribution >= 4 is 17.3 Å². The van der Waals surface area contributed by atoms with E-state index >= 15 is 0 Å². The fourth-order valence-electron chi connectivity index (χ4n) is 2.13. The van der Waals surface area contributed by atoms with E-state index in [1.807, 2.05) is 37.2 Å². The van der Waals surface area contributed by atoms with Crippen LogP contribution in [0.1, 0.15) is 5.56 Å². The molecule has 1 aromatic rings. The summed E-state index contributed by atoms with van der Waals surface area (Å²) in [7, 11) is 3.98. The van der Waals surface area contributed by atoms with Crippen LogP contribution in [-0.4, -0.2) is 45.8 Å². The van der Waals surface area contributed by atoms with Gasteiger partial charge in [0.15, 0.2) is 0 Å². The highest BCUT2D eigenvalue weighted by molar-refractivity contribution is 5.95. The summed E-state index contributed by atoms with van der Waals surface area (Å²) in [5, 5.41) is 6.05. The molecule has 1 aromatic carbocycles. The molecule has 1 saturated heterocycles. The van der Waals surface area contributed by atoms with Gasteiger partial charge in [0.25, 0.3) is 5.91 Å². The van der Waals surface area contributed by atoms with E-state index in [2.05, 4.69) is 17.6 Å². The van der Waals surface area contributed by atoms with E-state index in [1.165, 1.54) is 5.56 Å². The second kappa shape index (κ2) is 6.04. The Morgan fingerprint density at radius 3 is 2.89 bits per heavy atom. The number of anilines is 2. The van der Waals surface area contributed by atoms with Crippen molar-refractivity contribution in [2.75, 3.05) is 44.0 Å². The number of amides is 1. The molecule has 2 rings (SSSR count). The second-order valence-corrected chi connectivity index (χ2v) is 4.95. The molecule has 1 unspecified atom stereocenters. The molecule has 5 nitrogen and oxygen atoms in total. The van der Waals surface area contributed by atoms with E-state index in [9.17, 15) is 4.79 Å². The minimum Gasteiger partial charge on any atom is -0.377 e. The third-order valence-electron chi connectivity index (χ3n) is 3.18. The number of carbonyl (C=O) groups excluding carboxylic acids is 1. The molecule has 1 fully saturated rings. The maximum absolute atomic E-state index is 12.0. The Hall–Kier alpha value is -1.59. The van der Waals surface area contributed by atoms with Gasteiger partial charge in [0, 0.05) is 38.6 Å². The van der Waals surface area contributed by atoms with Crippen LogP contribution in [0, 0.1) is 6.92 Å². The van der Waals surface area contributed by atoms with E-state index in [0.717, 1.165) is 17.9 Å². The third kappa shape index (κ3) is 3.45. The summed E-state index contributed by atoms with van der Waals surface area (Å²) < 4.78 is 5.43. The number of nitrogens with one attached hydrogen (secondary N) is 2. The molecule has 1 aliphatic rings. The van der Waals surface area contributed by atoms with E-state index in [1.54, 1.807) is 0 Å². The lowest BCUT2D eigenvalue weighted by Crippen LogP contribution is -2.45. The Balaban J connectivity index is 2.06. The van der Waals surface area contributed by atoms with Gasteiger partial charge < -0.3 is 20.3 Å². The number of hydrogen-bond acceptors (Lipinski definition) is 4. The number of ether oxygens (including phenoxy) is 1. The van der Waals surface area contributed by atoms with Gasteiger partial charge in [-0.3, -0.25) is 4.79 Å². The number of rotatable bonds is 3. The lowest BCUT2D eigenvalue weighted by atomic mass is 10.1. The molecule has 5 heteroatoms. The number of aryl methyl sites for hydroxylation is 1. The van der Waals surface area contributed by atoms with Gasteiger partial charge in [-0.25, -0.2) is 0 Å². The number of carbonyl (C=O) groups is 1. The molecule has 2 N–H and O–H groups in total. The third-order valence-corrected chi connectivity index (χ3v) is 3.18. The number of morpholine rings is 1. The van der Waals surface area contributed by atoms with Gasteiger partial charge in [-0.1, -0.05) is 6.07 Å². The minimum absolute atomic E-state index is 0.0965. The summed E-state index contributed by atoms with van der Waals surface area (Å²) in [6, 6.07) is 5.89. The minimum atomic E-state index is -0.405. The molecule has 1 heterocycles. The van der Waals surface area contributed by atoms with E-state index in [0.29, 0.717) is 13.2 Å². The normalized spacial score (nSPS) is 19.0. The monoisotopic (exact) mass is 263 g/mol. The molecule has 0 bridgehead atoms. The van der Waals surface area contributed by atoms with Crippen molar-refractivity contribution in [3.63, 3.8) is 0 Å². The molecule has 0 saturated carbocycles. The number of nitrogens with zero attached hydrogens (tertiary/aromatic N) is 1. The maximum atomic E-state index is 12.0. The zero-order valence-corrected chi connectivity index (χ0v) is 11.7. The predicted octanol–water partition coefficient (Wildman–Crippen LogP) is 0.988. The van der Waals surface area contributed by atoms with Crippen LogP contribution in [0.3, 0.4) is 0 Å². The van der Waals surface area contributed by atoms with Gasteiger partial charge in [-0.05, 0) is 24.6 Å². The summed E-state index contributed by atoms with van der Waals surface area (Å²) in [4.78, 5) is 14.1. The highest BCUT2D eigenvalue weighted by Crippen LogP contribution is 2.22. The Bertz CT molecular complexity index is 454. The molecule has 1 amide bonds. The summed E-state index contributed by atoms with van der Waals surface area (Å²) in [5.74, 6) is -0.0965.